The predicted octanol–water partition coefficient (Wildman–Crippen LogP) is 2.30. The van der Waals surface area contributed by atoms with Crippen LogP contribution in [0.3, 0.4) is 0 Å². The Kier molecular flexibility index (Phi) is 4.63. The number of carbonyl (C=O) groups is 1. The summed E-state index contributed by atoms with van der Waals surface area (Å²) in [6.45, 7) is 0.223. The number of nitrogens with zero attached hydrogens (tertiary/aromatic N) is 1. The Labute approximate surface area is 127 Å². The van der Waals surface area contributed by atoms with Crippen molar-refractivity contribution in [2.75, 3.05) is 12.8 Å². The molecule has 8 heteroatoms. The molecule has 0 amide bonds. The minimum atomic E-state index is -3.82. The molecule has 5 nitrogen and oxygen atoms in total. The highest BCUT2D eigenvalue weighted by Crippen LogP contribution is 2.31. The van der Waals surface area contributed by atoms with Gasteiger partial charge in [-0.05, 0) is 37.3 Å². The average Bonchev–Trinajstić information content (AvgIpc) is 2.88. The maximum atomic E-state index is 12.5. The lowest BCUT2D eigenvalue weighted by Gasteiger charge is -2.21. The van der Waals surface area contributed by atoms with Crippen LogP contribution in [-0.4, -0.2) is 42.6 Å². The maximum Gasteiger partial charge on any atom is 0.322 e. The van der Waals surface area contributed by atoms with Gasteiger partial charge in [-0.1, -0.05) is 11.6 Å². The van der Waals surface area contributed by atoms with Gasteiger partial charge >= 0.3 is 5.97 Å². The van der Waals surface area contributed by atoms with E-state index in [4.69, 9.17) is 16.7 Å². The van der Waals surface area contributed by atoms with E-state index in [2.05, 4.69) is 0 Å². The van der Waals surface area contributed by atoms with Crippen LogP contribution < -0.4 is 0 Å². The molecule has 0 aliphatic carbocycles. The van der Waals surface area contributed by atoms with E-state index >= 15 is 0 Å². The average molecular weight is 336 g/mol. The van der Waals surface area contributed by atoms with Gasteiger partial charge in [-0.15, -0.1) is 11.8 Å². The van der Waals surface area contributed by atoms with Gasteiger partial charge in [0.2, 0.25) is 10.0 Å². The maximum absolute atomic E-state index is 12.5. The number of carboxylic acids is 1. The summed E-state index contributed by atoms with van der Waals surface area (Å²) in [7, 11) is -3.82. The molecule has 1 fully saturated rings. The highest BCUT2D eigenvalue weighted by atomic mass is 35.5. The fraction of sp³-hybridized carbons (Fsp3) is 0.417. The molecule has 1 N–H and O–H groups in total. The summed E-state index contributed by atoms with van der Waals surface area (Å²) < 4.78 is 26.0. The van der Waals surface area contributed by atoms with Crippen LogP contribution in [0.25, 0.3) is 0 Å². The molecule has 0 bridgehead atoms. The minimum absolute atomic E-state index is 0.0356. The molecule has 0 radical (unpaired) electrons. The lowest BCUT2D eigenvalue weighted by Crippen LogP contribution is -2.40. The molecule has 20 heavy (non-hydrogen) atoms. The van der Waals surface area contributed by atoms with E-state index in [0.29, 0.717) is 17.9 Å². The van der Waals surface area contributed by atoms with E-state index in [9.17, 15) is 13.2 Å². The van der Waals surface area contributed by atoms with Crippen molar-refractivity contribution in [3.05, 3.63) is 23.2 Å². The summed E-state index contributed by atoms with van der Waals surface area (Å²) in [6, 6.07) is 3.48. The third-order valence-corrected chi connectivity index (χ3v) is 6.34. The lowest BCUT2D eigenvalue weighted by atomic mass is 10.2. The SMILES string of the molecule is CSc1ccc(S(=O)(=O)N2CCC[C@H]2C(=O)O)cc1Cl. The molecular weight excluding hydrogens is 322 g/mol. The molecule has 1 aliphatic rings. The number of sulfonamides is 1. The Morgan fingerprint density at radius 2 is 2.20 bits per heavy atom. The van der Waals surface area contributed by atoms with Crippen LogP contribution in [0.2, 0.25) is 5.02 Å². The van der Waals surface area contributed by atoms with E-state index in [1.165, 1.54) is 23.9 Å². The smallest absolute Gasteiger partial charge is 0.322 e. The van der Waals surface area contributed by atoms with Gasteiger partial charge in [0.05, 0.1) is 9.92 Å². The van der Waals surface area contributed by atoms with Gasteiger partial charge in [0.1, 0.15) is 6.04 Å². The van der Waals surface area contributed by atoms with Crippen molar-refractivity contribution in [3.8, 4) is 0 Å². The fourth-order valence-electron chi connectivity index (χ4n) is 2.22. The molecule has 2 rings (SSSR count). The summed E-state index contributed by atoms with van der Waals surface area (Å²) in [4.78, 5) is 11.9. The zero-order valence-electron chi connectivity index (χ0n) is 10.7. The molecule has 1 saturated heterocycles. The van der Waals surface area contributed by atoms with Crippen LogP contribution in [0, 0.1) is 0 Å². The first-order valence-electron chi connectivity index (χ1n) is 5.96. The number of hydrogen-bond acceptors (Lipinski definition) is 4. The monoisotopic (exact) mass is 335 g/mol. The second-order valence-electron chi connectivity index (χ2n) is 4.41. The minimum Gasteiger partial charge on any atom is -0.480 e. The van der Waals surface area contributed by atoms with E-state index < -0.39 is 22.0 Å². The van der Waals surface area contributed by atoms with Gasteiger partial charge in [0.15, 0.2) is 0 Å². The zero-order valence-corrected chi connectivity index (χ0v) is 13.1. The van der Waals surface area contributed by atoms with Crippen LogP contribution in [0.1, 0.15) is 12.8 Å². The number of thioether (sulfide) groups is 1. The number of hydrogen-bond donors (Lipinski definition) is 1. The van der Waals surface area contributed by atoms with Crippen molar-refractivity contribution < 1.29 is 18.3 Å². The molecular formula is C12H14ClNO4S2. The molecule has 1 aliphatic heterocycles. The van der Waals surface area contributed by atoms with Crippen molar-refractivity contribution in [2.24, 2.45) is 0 Å². The van der Waals surface area contributed by atoms with Crippen molar-refractivity contribution in [1.29, 1.82) is 0 Å². The van der Waals surface area contributed by atoms with Gasteiger partial charge in [-0.3, -0.25) is 4.79 Å². The van der Waals surface area contributed by atoms with Crippen molar-refractivity contribution in [3.63, 3.8) is 0 Å². The van der Waals surface area contributed by atoms with Crippen LogP contribution in [0.4, 0.5) is 0 Å². The second kappa shape index (κ2) is 5.93. The van der Waals surface area contributed by atoms with E-state index in [-0.39, 0.29) is 11.4 Å². The topological polar surface area (TPSA) is 74.7 Å². The first-order valence-corrected chi connectivity index (χ1v) is 9.00. The van der Waals surface area contributed by atoms with Gasteiger partial charge in [0.25, 0.3) is 0 Å². The molecule has 0 unspecified atom stereocenters. The largest absolute Gasteiger partial charge is 0.480 e. The van der Waals surface area contributed by atoms with Gasteiger partial charge in [0, 0.05) is 11.4 Å². The Morgan fingerprint density at radius 3 is 2.75 bits per heavy atom. The van der Waals surface area contributed by atoms with Crippen LogP contribution in [0.5, 0.6) is 0 Å². The molecule has 110 valence electrons. The number of aliphatic carboxylic acids is 1. The molecule has 0 saturated carbocycles. The first-order chi connectivity index (χ1) is 9.37. The van der Waals surface area contributed by atoms with Crippen LogP contribution >= 0.6 is 23.4 Å². The summed E-state index contributed by atoms with van der Waals surface area (Å²) >= 11 is 7.44. The highest BCUT2D eigenvalue weighted by molar-refractivity contribution is 7.98. The standard InChI is InChI=1S/C12H14ClNO4S2/c1-19-11-5-4-8(7-9(11)13)20(17,18)14-6-2-3-10(14)12(15)16/h4-5,7,10H,2-3,6H2,1H3,(H,15,16)/t10-/m0/s1. The van der Waals surface area contributed by atoms with Crippen molar-refractivity contribution >= 4 is 39.4 Å². The number of benzene rings is 1. The Balaban J connectivity index is 2.40. The Bertz CT molecular complexity index is 632. The third-order valence-electron chi connectivity index (χ3n) is 3.22. The second-order valence-corrected chi connectivity index (χ2v) is 7.55. The van der Waals surface area contributed by atoms with Crippen LogP contribution in [-0.2, 0) is 14.8 Å². The van der Waals surface area contributed by atoms with E-state index in [1.807, 2.05) is 6.26 Å². The molecule has 1 heterocycles. The van der Waals surface area contributed by atoms with Crippen LogP contribution in [0.15, 0.2) is 28.0 Å². The van der Waals surface area contributed by atoms with Crippen molar-refractivity contribution in [2.45, 2.75) is 28.7 Å². The number of carboxylic acid groups (broad SMARTS) is 1. The molecule has 1 aromatic carbocycles. The van der Waals surface area contributed by atoms with Gasteiger partial charge < -0.3 is 5.11 Å². The van der Waals surface area contributed by atoms with Gasteiger partial charge in [-0.2, -0.15) is 4.31 Å². The summed E-state index contributed by atoms with van der Waals surface area (Å²) in [5, 5.41) is 9.45. The highest BCUT2D eigenvalue weighted by Gasteiger charge is 2.39. The first kappa shape index (κ1) is 15.6. The van der Waals surface area contributed by atoms with E-state index in [0.717, 1.165) is 9.20 Å². The number of rotatable bonds is 4. The summed E-state index contributed by atoms with van der Waals surface area (Å²) in [5.41, 5.74) is 0. The molecule has 1 aromatic rings. The molecule has 1 atom stereocenters. The third kappa shape index (κ3) is 2.81. The number of halogens is 1. The van der Waals surface area contributed by atoms with Gasteiger partial charge in [-0.25, -0.2) is 8.42 Å². The normalized spacial score (nSPS) is 20.2. The predicted molar refractivity (Wildman–Crippen MR) is 77.8 cm³/mol. The molecule has 0 spiro atoms. The quantitative estimate of drug-likeness (QED) is 0.854. The Morgan fingerprint density at radius 1 is 1.50 bits per heavy atom. The Hall–Kier alpha value is -0.760. The fourth-order valence-corrected chi connectivity index (χ4v) is 4.83. The summed E-state index contributed by atoms with van der Waals surface area (Å²) in [5.74, 6) is -1.11. The lowest BCUT2D eigenvalue weighted by molar-refractivity contribution is -0.140. The van der Waals surface area contributed by atoms with E-state index in [1.54, 1.807) is 6.07 Å². The van der Waals surface area contributed by atoms with Crippen molar-refractivity contribution in [1.82, 2.24) is 4.31 Å². The zero-order chi connectivity index (χ0) is 14.9. The molecule has 0 aromatic heterocycles. The summed E-state index contributed by atoms with van der Waals surface area (Å²) in [6.07, 6.45) is 2.73.